The molecule has 0 fully saturated rings. The zero-order chi connectivity index (χ0) is 17.7. The average molecular weight is 342 g/mol. The minimum Gasteiger partial charge on any atom is -0.345 e. The molecule has 2 amide bonds. The lowest BCUT2D eigenvalue weighted by atomic mass is 10.2. The van der Waals surface area contributed by atoms with Gasteiger partial charge in [-0.3, -0.25) is 9.59 Å². The van der Waals surface area contributed by atoms with E-state index in [0.29, 0.717) is 11.3 Å². The van der Waals surface area contributed by atoms with Crippen molar-refractivity contribution in [3.8, 4) is 0 Å². The summed E-state index contributed by atoms with van der Waals surface area (Å²) >= 11 is 1.51. The van der Waals surface area contributed by atoms with Gasteiger partial charge in [-0.25, -0.2) is 0 Å². The molecule has 0 saturated heterocycles. The summed E-state index contributed by atoms with van der Waals surface area (Å²) in [7, 11) is 3.40. The summed E-state index contributed by atoms with van der Waals surface area (Å²) in [6.45, 7) is 3.90. The highest BCUT2D eigenvalue weighted by Crippen LogP contribution is 2.24. The summed E-state index contributed by atoms with van der Waals surface area (Å²) in [5.41, 5.74) is 2.37. The number of hydrogen-bond donors (Lipinski definition) is 1. The van der Waals surface area contributed by atoms with Gasteiger partial charge in [-0.2, -0.15) is 0 Å². The number of nitrogens with one attached hydrogen (secondary N) is 1. The number of benzene rings is 2. The fourth-order valence-corrected chi connectivity index (χ4v) is 2.97. The van der Waals surface area contributed by atoms with Crippen molar-refractivity contribution < 1.29 is 9.59 Å². The van der Waals surface area contributed by atoms with Gasteiger partial charge < -0.3 is 10.2 Å². The summed E-state index contributed by atoms with van der Waals surface area (Å²) in [6.07, 6.45) is 0. The van der Waals surface area contributed by atoms with Crippen LogP contribution < -0.4 is 5.32 Å². The summed E-state index contributed by atoms with van der Waals surface area (Å²) in [4.78, 5) is 26.9. The van der Waals surface area contributed by atoms with E-state index in [0.717, 1.165) is 4.90 Å². The quantitative estimate of drug-likeness (QED) is 0.841. The molecule has 0 aliphatic carbocycles. The molecule has 2 aromatic carbocycles. The van der Waals surface area contributed by atoms with Crippen molar-refractivity contribution in [2.24, 2.45) is 0 Å². The Morgan fingerprint density at radius 1 is 1.08 bits per heavy atom. The summed E-state index contributed by atoms with van der Waals surface area (Å²) in [6, 6.07) is 15.1. The molecule has 0 spiro atoms. The molecule has 0 saturated carbocycles. The van der Waals surface area contributed by atoms with Crippen LogP contribution in [-0.2, 0) is 4.79 Å². The Kier molecular flexibility index (Phi) is 6.04. The van der Waals surface area contributed by atoms with E-state index in [1.54, 1.807) is 38.4 Å². The van der Waals surface area contributed by atoms with E-state index in [2.05, 4.69) is 5.32 Å². The molecule has 4 nitrogen and oxygen atoms in total. The van der Waals surface area contributed by atoms with Gasteiger partial charge in [-0.05, 0) is 44.2 Å². The maximum atomic E-state index is 12.4. The Bertz CT molecular complexity index is 726. The molecule has 0 aliphatic rings. The van der Waals surface area contributed by atoms with Crippen LogP contribution in [0.2, 0.25) is 0 Å². The summed E-state index contributed by atoms with van der Waals surface area (Å²) in [5, 5.41) is 2.64. The van der Waals surface area contributed by atoms with Crippen LogP contribution in [0.15, 0.2) is 53.4 Å². The minimum absolute atomic E-state index is 0.0879. The normalized spacial score (nSPS) is 11.7. The Morgan fingerprint density at radius 3 is 2.38 bits per heavy atom. The highest BCUT2D eigenvalue weighted by molar-refractivity contribution is 8.00. The lowest BCUT2D eigenvalue weighted by Gasteiger charge is -2.14. The van der Waals surface area contributed by atoms with Gasteiger partial charge in [0.25, 0.3) is 5.91 Å². The lowest BCUT2D eigenvalue weighted by molar-refractivity contribution is -0.115. The molecule has 24 heavy (non-hydrogen) atoms. The molecule has 126 valence electrons. The SMILES string of the molecule is Cc1ccc(SC(C)C(=O)Nc2cccc(C(=O)N(C)C)c2)cc1. The van der Waals surface area contributed by atoms with Crippen LogP contribution in [0.1, 0.15) is 22.8 Å². The number of carbonyl (C=O) groups is 2. The van der Waals surface area contributed by atoms with E-state index in [4.69, 9.17) is 0 Å². The fraction of sp³-hybridized carbons (Fsp3) is 0.263. The second kappa shape index (κ2) is 8.02. The summed E-state index contributed by atoms with van der Waals surface area (Å²) < 4.78 is 0. The molecule has 0 radical (unpaired) electrons. The third kappa shape index (κ3) is 4.86. The monoisotopic (exact) mass is 342 g/mol. The Hall–Kier alpha value is -2.27. The van der Waals surface area contributed by atoms with Gasteiger partial charge in [0.05, 0.1) is 5.25 Å². The van der Waals surface area contributed by atoms with Gasteiger partial charge in [0.2, 0.25) is 5.91 Å². The van der Waals surface area contributed by atoms with Crippen molar-refractivity contribution >= 4 is 29.3 Å². The van der Waals surface area contributed by atoms with E-state index in [1.807, 2.05) is 38.1 Å². The molecule has 0 heterocycles. The van der Waals surface area contributed by atoms with Gasteiger partial charge in [0, 0.05) is 30.2 Å². The molecular weight excluding hydrogens is 320 g/mol. The van der Waals surface area contributed by atoms with E-state index in [-0.39, 0.29) is 17.1 Å². The molecule has 2 aromatic rings. The molecule has 1 unspecified atom stereocenters. The van der Waals surface area contributed by atoms with Gasteiger partial charge in [-0.1, -0.05) is 23.8 Å². The molecular formula is C19H22N2O2S. The van der Waals surface area contributed by atoms with Crippen LogP contribution in [0.4, 0.5) is 5.69 Å². The number of thioether (sulfide) groups is 1. The molecule has 5 heteroatoms. The van der Waals surface area contributed by atoms with E-state index in [9.17, 15) is 9.59 Å². The maximum absolute atomic E-state index is 12.4. The predicted octanol–water partition coefficient (Wildman–Crippen LogP) is 3.82. The van der Waals surface area contributed by atoms with Crippen LogP contribution in [0, 0.1) is 6.92 Å². The number of amides is 2. The fourth-order valence-electron chi connectivity index (χ4n) is 2.11. The van der Waals surface area contributed by atoms with Gasteiger partial charge in [0.1, 0.15) is 0 Å². The largest absolute Gasteiger partial charge is 0.345 e. The second-order valence-electron chi connectivity index (χ2n) is 5.84. The third-order valence-corrected chi connectivity index (χ3v) is 4.60. The van der Waals surface area contributed by atoms with Crippen LogP contribution in [-0.4, -0.2) is 36.1 Å². The number of anilines is 1. The van der Waals surface area contributed by atoms with Crippen LogP contribution in [0.3, 0.4) is 0 Å². The van der Waals surface area contributed by atoms with Gasteiger partial charge >= 0.3 is 0 Å². The number of rotatable bonds is 5. The first-order valence-corrected chi connectivity index (χ1v) is 8.60. The van der Waals surface area contributed by atoms with E-state index >= 15 is 0 Å². The highest BCUT2D eigenvalue weighted by atomic mass is 32.2. The average Bonchev–Trinajstić information content (AvgIpc) is 2.56. The van der Waals surface area contributed by atoms with Gasteiger partial charge in [0.15, 0.2) is 0 Å². The highest BCUT2D eigenvalue weighted by Gasteiger charge is 2.15. The van der Waals surface area contributed by atoms with Crippen molar-refractivity contribution in [2.75, 3.05) is 19.4 Å². The Labute approximate surface area is 147 Å². The zero-order valence-corrected chi connectivity index (χ0v) is 15.2. The molecule has 1 atom stereocenters. The molecule has 0 bridgehead atoms. The smallest absolute Gasteiger partial charge is 0.253 e. The lowest BCUT2D eigenvalue weighted by Crippen LogP contribution is -2.24. The van der Waals surface area contributed by atoms with Crippen molar-refractivity contribution in [1.82, 2.24) is 4.90 Å². The number of carbonyl (C=O) groups excluding carboxylic acids is 2. The Morgan fingerprint density at radius 2 is 1.75 bits per heavy atom. The standard InChI is InChI=1S/C19H22N2O2S/c1-13-8-10-17(11-9-13)24-14(2)18(22)20-16-7-5-6-15(12-16)19(23)21(3)4/h5-12,14H,1-4H3,(H,20,22). The van der Waals surface area contributed by atoms with E-state index < -0.39 is 0 Å². The summed E-state index contributed by atoms with van der Waals surface area (Å²) in [5.74, 6) is -0.178. The van der Waals surface area contributed by atoms with Crippen molar-refractivity contribution in [1.29, 1.82) is 0 Å². The van der Waals surface area contributed by atoms with Gasteiger partial charge in [-0.15, -0.1) is 11.8 Å². The first-order chi connectivity index (χ1) is 11.4. The van der Waals surface area contributed by atoms with Crippen molar-refractivity contribution in [3.63, 3.8) is 0 Å². The van der Waals surface area contributed by atoms with Crippen LogP contribution >= 0.6 is 11.8 Å². The van der Waals surface area contributed by atoms with Crippen molar-refractivity contribution in [3.05, 3.63) is 59.7 Å². The first kappa shape index (κ1) is 18.1. The first-order valence-electron chi connectivity index (χ1n) is 7.72. The van der Waals surface area contributed by atoms with Crippen LogP contribution in [0.5, 0.6) is 0 Å². The number of nitrogens with zero attached hydrogens (tertiary/aromatic N) is 1. The maximum Gasteiger partial charge on any atom is 0.253 e. The molecule has 0 aromatic heterocycles. The predicted molar refractivity (Wildman–Crippen MR) is 99.6 cm³/mol. The Balaban J connectivity index is 2.02. The molecule has 2 rings (SSSR count). The topological polar surface area (TPSA) is 49.4 Å². The second-order valence-corrected chi connectivity index (χ2v) is 7.26. The van der Waals surface area contributed by atoms with E-state index in [1.165, 1.54) is 22.2 Å². The number of hydrogen-bond acceptors (Lipinski definition) is 3. The van der Waals surface area contributed by atoms with Crippen molar-refractivity contribution in [2.45, 2.75) is 24.0 Å². The molecule has 0 aliphatic heterocycles. The third-order valence-electron chi connectivity index (χ3n) is 3.49. The molecule has 1 N–H and O–H groups in total. The zero-order valence-electron chi connectivity index (χ0n) is 14.4. The van der Waals surface area contributed by atoms with Crippen LogP contribution in [0.25, 0.3) is 0 Å². The number of aryl methyl sites for hydroxylation is 1. The minimum atomic E-state index is -0.235.